The zero-order valence-electron chi connectivity index (χ0n) is 10.4. The maximum absolute atomic E-state index is 12.1. The fourth-order valence-electron chi connectivity index (χ4n) is 2.82. The Bertz CT molecular complexity index is 626. The SMILES string of the molecule is Cl.N[C@H]1CC[C@H](n2c(=O)[nH]c3ccc(Cl)cc32)CC1. The van der Waals surface area contributed by atoms with Crippen LogP contribution in [0, 0.1) is 0 Å². The van der Waals surface area contributed by atoms with Gasteiger partial charge in [-0.1, -0.05) is 11.6 Å². The van der Waals surface area contributed by atoms with E-state index in [0.29, 0.717) is 5.02 Å². The van der Waals surface area contributed by atoms with Crippen LogP contribution in [0.2, 0.25) is 5.02 Å². The third-order valence-corrected chi connectivity index (χ3v) is 4.02. The molecule has 0 radical (unpaired) electrons. The van der Waals surface area contributed by atoms with E-state index in [1.54, 1.807) is 6.07 Å². The minimum absolute atomic E-state index is 0. The number of imidazole rings is 1. The first-order valence-electron chi connectivity index (χ1n) is 6.30. The van der Waals surface area contributed by atoms with Crippen molar-refractivity contribution in [1.82, 2.24) is 9.55 Å². The molecular formula is C13H17Cl2N3O. The Morgan fingerprint density at radius 2 is 1.95 bits per heavy atom. The van der Waals surface area contributed by atoms with Gasteiger partial charge >= 0.3 is 5.69 Å². The van der Waals surface area contributed by atoms with Gasteiger partial charge in [0, 0.05) is 17.1 Å². The van der Waals surface area contributed by atoms with E-state index >= 15 is 0 Å². The van der Waals surface area contributed by atoms with Crippen molar-refractivity contribution in [3.8, 4) is 0 Å². The van der Waals surface area contributed by atoms with E-state index in [1.807, 2.05) is 16.7 Å². The molecule has 1 aromatic carbocycles. The highest BCUT2D eigenvalue weighted by Gasteiger charge is 2.23. The van der Waals surface area contributed by atoms with E-state index in [9.17, 15) is 4.79 Å². The average Bonchev–Trinajstić information content (AvgIpc) is 2.66. The van der Waals surface area contributed by atoms with Gasteiger partial charge in [0.25, 0.3) is 0 Å². The number of nitrogens with zero attached hydrogens (tertiary/aromatic N) is 1. The average molecular weight is 302 g/mol. The lowest BCUT2D eigenvalue weighted by Crippen LogP contribution is -2.31. The molecule has 104 valence electrons. The molecule has 2 aromatic rings. The van der Waals surface area contributed by atoms with Crippen LogP contribution in [0.3, 0.4) is 0 Å². The molecule has 1 saturated carbocycles. The summed E-state index contributed by atoms with van der Waals surface area (Å²) in [7, 11) is 0. The summed E-state index contributed by atoms with van der Waals surface area (Å²) < 4.78 is 1.84. The summed E-state index contributed by atoms with van der Waals surface area (Å²) in [6.45, 7) is 0. The molecule has 0 unspecified atom stereocenters. The molecule has 6 heteroatoms. The van der Waals surface area contributed by atoms with E-state index in [-0.39, 0.29) is 30.2 Å². The molecule has 4 nitrogen and oxygen atoms in total. The number of hydrogen-bond acceptors (Lipinski definition) is 2. The van der Waals surface area contributed by atoms with Gasteiger partial charge in [0.15, 0.2) is 0 Å². The summed E-state index contributed by atoms with van der Waals surface area (Å²) in [5.74, 6) is 0. The minimum atomic E-state index is -0.0484. The predicted octanol–water partition coefficient (Wildman–Crippen LogP) is 2.85. The summed E-state index contributed by atoms with van der Waals surface area (Å²) in [6, 6.07) is 6.02. The van der Waals surface area contributed by atoms with Crippen molar-refractivity contribution in [3.63, 3.8) is 0 Å². The van der Waals surface area contributed by atoms with Gasteiger partial charge < -0.3 is 10.7 Å². The quantitative estimate of drug-likeness (QED) is 0.851. The van der Waals surface area contributed by atoms with Gasteiger partial charge in [-0.2, -0.15) is 0 Å². The molecular weight excluding hydrogens is 285 g/mol. The zero-order valence-corrected chi connectivity index (χ0v) is 12.0. The molecule has 0 spiro atoms. The second-order valence-corrected chi connectivity index (χ2v) is 5.47. The van der Waals surface area contributed by atoms with Crippen molar-refractivity contribution in [3.05, 3.63) is 33.7 Å². The van der Waals surface area contributed by atoms with Crippen molar-refractivity contribution < 1.29 is 0 Å². The molecule has 1 heterocycles. The number of benzene rings is 1. The van der Waals surface area contributed by atoms with Gasteiger partial charge in [0.05, 0.1) is 11.0 Å². The maximum Gasteiger partial charge on any atom is 0.326 e. The first-order chi connectivity index (χ1) is 8.65. The van der Waals surface area contributed by atoms with Crippen molar-refractivity contribution in [1.29, 1.82) is 0 Å². The zero-order chi connectivity index (χ0) is 12.7. The van der Waals surface area contributed by atoms with Gasteiger partial charge in [-0.3, -0.25) is 4.57 Å². The van der Waals surface area contributed by atoms with Gasteiger partial charge in [-0.05, 0) is 43.9 Å². The summed E-state index contributed by atoms with van der Waals surface area (Å²) >= 11 is 6.01. The van der Waals surface area contributed by atoms with Crippen LogP contribution >= 0.6 is 24.0 Å². The highest BCUT2D eigenvalue weighted by molar-refractivity contribution is 6.31. The van der Waals surface area contributed by atoms with Gasteiger partial charge in [0.2, 0.25) is 0 Å². The van der Waals surface area contributed by atoms with Crippen molar-refractivity contribution >= 4 is 35.0 Å². The highest BCUT2D eigenvalue weighted by Crippen LogP contribution is 2.29. The Morgan fingerprint density at radius 3 is 2.63 bits per heavy atom. The Hall–Kier alpha value is -0.970. The monoisotopic (exact) mass is 301 g/mol. The van der Waals surface area contributed by atoms with Crippen LogP contribution in [0.15, 0.2) is 23.0 Å². The van der Waals surface area contributed by atoms with Crippen molar-refractivity contribution in [2.45, 2.75) is 37.8 Å². The third-order valence-electron chi connectivity index (χ3n) is 3.79. The number of hydrogen-bond donors (Lipinski definition) is 2. The number of fused-ring (bicyclic) bond motifs is 1. The molecule has 0 amide bonds. The van der Waals surface area contributed by atoms with E-state index in [4.69, 9.17) is 17.3 Å². The first kappa shape index (κ1) is 14.4. The lowest BCUT2D eigenvalue weighted by molar-refractivity contribution is 0.324. The Labute approximate surface area is 122 Å². The standard InChI is InChI=1S/C13H16ClN3O.ClH/c14-8-1-6-11-12(7-8)17(13(18)16-11)10-4-2-9(15)3-5-10;/h1,6-7,9-10H,2-5,15H2,(H,16,18);1H/t9-,10-;. The van der Waals surface area contributed by atoms with E-state index in [2.05, 4.69) is 4.98 Å². The fraction of sp³-hybridized carbons (Fsp3) is 0.462. The highest BCUT2D eigenvalue weighted by atomic mass is 35.5. The maximum atomic E-state index is 12.1. The molecule has 1 fully saturated rings. The van der Waals surface area contributed by atoms with Crippen LogP contribution in [-0.4, -0.2) is 15.6 Å². The molecule has 0 saturated heterocycles. The Kier molecular flexibility index (Phi) is 4.23. The van der Waals surface area contributed by atoms with Crippen LogP contribution in [0.5, 0.6) is 0 Å². The summed E-state index contributed by atoms with van der Waals surface area (Å²) in [6.07, 6.45) is 3.87. The normalized spacial score (nSPS) is 23.3. The number of halogens is 2. The summed E-state index contributed by atoms with van der Waals surface area (Å²) in [4.78, 5) is 14.9. The number of H-pyrrole nitrogens is 1. The molecule has 3 N–H and O–H groups in total. The van der Waals surface area contributed by atoms with E-state index in [0.717, 1.165) is 36.7 Å². The number of rotatable bonds is 1. The number of nitrogens with one attached hydrogen (secondary N) is 1. The second kappa shape index (κ2) is 5.57. The van der Waals surface area contributed by atoms with E-state index in [1.165, 1.54) is 0 Å². The second-order valence-electron chi connectivity index (χ2n) is 5.03. The van der Waals surface area contributed by atoms with Crippen LogP contribution in [0.1, 0.15) is 31.7 Å². The molecule has 3 rings (SSSR count). The molecule has 1 aliphatic rings. The number of nitrogens with two attached hydrogens (primary N) is 1. The predicted molar refractivity (Wildman–Crippen MR) is 80.3 cm³/mol. The van der Waals surface area contributed by atoms with Crippen molar-refractivity contribution in [2.75, 3.05) is 0 Å². The lowest BCUT2D eigenvalue weighted by atomic mass is 9.91. The van der Waals surface area contributed by atoms with Gasteiger partial charge in [-0.15, -0.1) is 12.4 Å². The van der Waals surface area contributed by atoms with Gasteiger partial charge in [0.1, 0.15) is 0 Å². The molecule has 1 aliphatic carbocycles. The van der Waals surface area contributed by atoms with Crippen LogP contribution in [-0.2, 0) is 0 Å². The van der Waals surface area contributed by atoms with Crippen molar-refractivity contribution in [2.24, 2.45) is 5.73 Å². The number of aromatic amines is 1. The van der Waals surface area contributed by atoms with Gasteiger partial charge in [-0.25, -0.2) is 4.79 Å². The lowest BCUT2D eigenvalue weighted by Gasteiger charge is -2.27. The van der Waals surface area contributed by atoms with Crippen LogP contribution < -0.4 is 11.4 Å². The van der Waals surface area contributed by atoms with Crippen LogP contribution in [0.4, 0.5) is 0 Å². The molecule has 0 aliphatic heterocycles. The number of aromatic nitrogens is 2. The molecule has 1 aromatic heterocycles. The van der Waals surface area contributed by atoms with E-state index < -0.39 is 0 Å². The third kappa shape index (κ3) is 2.66. The Balaban J connectivity index is 0.00000133. The summed E-state index contributed by atoms with van der Waals surface area (Å²) in [5, 5.41) is 0.655. The first-order valence-corrected chi connectivity index (χ1v) is 6.68. The molecule has 0 bridgehead atoms. The smallest absolute Gasteiger partial charge is 0.326 e. The Morgan fingerprint density at radius 1 is 1.26 bits per heavy atom. The largest absolute Gasteiger partial charge is 0.328 e. The molecule has 19 heavy (non-hydrogen) atoms. The fourth-order valence-corrected chi connectivity index (χ4v) is 2.98. The molecule has 0 atom stereocenters. The topological polar surface area (TPSA) is 63.8 Å². The summed E-state index contributed by atoms with van der Waals surface area (Å²) in [5.41, 5.74) is 7.60. The minimum Gasteiger partial charge on any atom is -0.328 e. The van der Waals surface area contributed by atoms with Crippen LogP contribution in [0.25, 0.3) is 11.0 Å².